The van der Waals surface area contributed by atoms with E-state index < -0.39 is 10.0 Å². The minimum Gasteiger partial charge on any atom is -0.352 e. The number of rotatable bonds is 5. The molecule has 5 nitrogen and oxygen atoms in total. The molecule has 0 radical (unpaired) electrons. The van der Waals surface area contributed by atoms with Crippen LogP contribution in [0.15, 0.2) is 18.2 Å². The first-order valence-electron chi connectivity index (χ1n) is 8.12. The van der Waals surface area contributed by atoms with Crippen LogP contribution in [0, 0.1) is 13.8 Å². The number of benzene rings is 1. The van der Waals surface area contributed by atoms with E-state index in [1.54, 1.807) is 0 Å². The zero-order valence-electron chi connectivity index (χ0n) is 14.1. The fourth-order valence-electron chi connectivity index (χ4n) is 3.21. The Balaban J connectivity index is 2.18. The number of carbonyl (C=O) groups is 1. The van der Waals surface area contributed by atoms with Crippen LogP contribution in [0.4, 0.5) is 5.69 Å². The molecule has 0 atom stereocenters. The molecule has 0 saturated heterocycles. The molecule has 1 fully saturated rings. The Morgan fingerprint density at radius 2 is 1.74 bits per heavy atom. The summed E-state index contributed by atoms with van der Waals surface area (Å²) in [5.41, 5.74) is 2.30. The van der Waals surface area contributed by atoms with Gasteiger partial charge >= 0.3 is 0 Å². The van der Waals surface area contributed by atoms with Crippen LogP contribution in [0.25, 0.3) is 0 Å². The molecular weight excluding hydrogens is 312 g/mol. The molecule has 23 heavy (non-hydrogen) atoms. The second-order valence-electron chi connectivity index (χ2n) is 6.41. The highest BCUT2D eigenvalue weighted by molar-refractivity contribution is 7.92. The fourth-order valence-corrected chi connectivity index (χ4v) is 4.18. The van der Waals surface area contributed by atoms with Crippen LogP contribution in [-0.4, -0.2) is 33.2 Å². The second kappa shape index (κ2) is 7.34. The molecule has 0 spiro atoms. The Morgan fingerprint density at radius 1 is 1.17 bits per heavy atom. The molecule has 0 unspecified atom stereocenters. The van der Waals surface area contributed by atoms with Crippen molar-refractivity contribution < 1.29 is 13.2 Å². The highest BCUT2D eigenvalue weighted by Gasteiger charge is 2.25. The van der Waals surface area contributed by atoms with E-state index >= 15 is 0 Å². The SMILES string of the molecule is Cc1cccc(C)c1N(CC(=O)NC1CCCCC1)S(C)(=O)=O. The second-order valence-corrected chi connectivity index (χ2v) is 8.32. The van der Waals surface area contributed by atoms with Crippen LogP contribution >= 0.6 is 0 Å². The lowest BCUT2D eigenvalue weighted by Crippen LogP contribution is -2.45. The molecule has 0 aliphatic heterocycles. The number of sulfonamides is 1. The quantitative estimate of drug-likeness (QED) is 0.897. The van der Waals surface area contributed by atoms with Gasteiger partial charge in [-0.05, 0) is 37.8 Å². The maximum Gasteiger partial charge on any atom is 0.240 e. The summed E-state index contributed by atoms with van der Waals surface area (Å²) in [7, 11) is -3.53. The summed E-state index contributed by atoms with van der Waals surface area (Å²) >= 11 is 0. The minimum atomic E-state index is -3.53. The number of carbonyl (C=O) groups excluding carboxylic acids is 1. The van der Waals surface area contributed by atoms with Gasteiger partial charge in [-0.1, -0.05) is 37.5 Å². The first-order chi connectivity index (χ1) is 10.8. The highest BCUT2D eigenvalue weighted by Crippen LogP contribution is 2.26. The summed E-state index contributed by atoms with van der Waals surface area (Å²) < 4.78 is 25.6. The van der Waals surface area contributed by atoms with Crippen molar-refractivity contribution in [3.8, 4) is 0 Å². The van der Waals surface area contributed by atoms with Crippen molar-refractivity contribution in [3.05, 3.63) is 29.3 Å². The fraction of sp³-hybridized carbons (Fsp3) is 0.588. The van der Waals surface area contributed by atoms with Crippen molar-refractivity contribution >= 4 is 21.6 Å². The van der Waals surface area contributed by atoms with Gasteiger partial charge in [0.15, 0.2) is 0 Å². The Hall–Kier alpha value is -1.56. The molecule has 0 bridgehead atoms. The average molecular weight is 338 g/mol. The summed E-state index contributed by atoms with van der Waals surface area (Å²) in [5, 5.41) is 2.99. The maximum atomic E-state index is 12.3. The van der Waals surface area contributed by atoms with Gasteiger partial charge in [0.1, 0.15) is 6.54 Å². The standard InChI is InChI=1S/C17H26N2O3S/c1-13-8-7-9-14(2)17(13)19(23(3,21)22)12-16(20)18-15-10-5-4-6-11-15/h7-9,15H,4-6,10-12H2,1-3H3,(H,18,20). The van der Waals surface area contributed by atoms with Crippen LogP contribution in [0.5, 0.6) is 0 Å². The van der Waals surface area contributed by atoms with Crippen molar-refractivity contribution in [2.45, 2.75) is 52.0 Å². The maximum absolute atomic E-state index is 12.3. The van der Waals surface area contributed by atoms with Crippen molar-refractivity contribution in [1.29, 1.82) is 0 Å². The molecule has 1 saturated carbocycles. The molecule has 1 aliphatic carbocycles. The number of hydrogen-bond acceptors (Lipinski definition) is 3. The van der Waals surface area contributed by atoms with Gasteiger partial charge < -0.3 is 5.32 Å². The monoisotopic (exact) mass is 338 g/mol. The lowest BCUT2D eigenvalue weighted by atomic mass is 9.95. The van der Waals surface area contributed by atoms with Gasteiger partial charge in [-0.25, -0.2) is 8.42 Å². The Labute approximate surface area is 139 Å². The molecular formula is C17H26N2O3S. The molecule has 1 aliphatic rings. The minimum absolute atomic E-state index is 0.166. The molecule has 6 heteroatoms. The zero-order valence-corrected chi connectivity index (χ0v) is 14.9. The number of amides is 1. The summed E-state index contributed by atoms with van der Waals surface area (Å²) in [6.45, 7) is 3.56. The number of anilines is 1. The van der Waals surface area contributed by atoms with Gasteiger partial charge in [-0.2, -0.15) is 0 Å². The van der Waals surface area contributed by atoms with E-state index in [4.69, 9.17) is 0 Å². The number of hydrogen-bond donors (Lipinski definition) is 1. The smallest absolute Gasteiger partial charge is 0.240 e. The van der Waals surface area contributed by atoms with Gasteiger partial charge in [0, 0.05) is 6.04 Å². The lowest BCUT2D eigenvalue weighted by Gasteiger charge is -2.27. The molecule has 1 N–H and O–H groups in total. The van der Waals surface area contributed by atoms with Gasteiger partial charge in [0.2, 0.25) is 15.9 Å². The molecule has 1 aromatic carbocycles. The molecule has 2 rings (SSSR count). The van der Waals surface area contributed by atoms with Crippen molar-refractivity contribution in [2.75, 3.05) is 17.1 Å². The van der Waals surface area contributed by atoms with Gasteiger partial charge in [-0.15, -0.1) is 0 Å². The normalized spacial score (nSPS) is 16.1. The van der Waals surface area contributed by atoms with Crippen LogP contribution in [-0.2, 0) is 14.8 Å². The highest BCUT2D eigenvalue weighted by atomic mass is 32.2. The van der Waals surface area contributed by atoms with Crippen molar-refractivity contribution in [3.63, 3.8) is 0 Å². The Kier molecular flexibility index (Phi) is 5.68. The van der Waals surface area contributed by atoms with E-state index in [9.17, 15) is 13.2 Å². The zero-order chi connectivity index (χ0) is 17.0. The van der Waals surface area contributed by atoms with Crippen LogP contribution in [0.3, 0.4) is 0 Å². The largest absolute Gasteiger partial charge is 0.352 e. The van der Waals surface area contributed by atoms with Crippen molar-refractivity contribution in [2.24, 2.45) is 0 Å². The van der Waals surface area contributed by atoms with Gasteiger partial charge in [0.25, 0.3) is 0 Å². The molecule has 0 heterocycles. The number of nitrogens with one attached hydrogen (secondary N) is 1. The predicted molar refractivity (Wildman–Crippen MR) is 93.1 cm³/mol. The van der Waals surface area contributed by atoms with E-state index in [-0.39, 0.29) is 18.5 Å². The third-order valence-corrected chi connectivity index (χ3v) is 5.46. The first-order valence-corrected chi connectivity index (χ1v) is 9.97. The third kappa shape index (κ3) is 4.70. The van der Waals surface area contributed by atoms with E-state index in [2.05, 4.69) is 5.32 Å². The van der Waals surface area contributed by atoms with Crippen LogP contribution in [0.1, 0.15) is 43.2 Å². The van der Waals surface area contributed by atoms with Crippen LogP contribution in [0.2, 0.25) is 0 Å². The van der Waals surface area contributed by atoms with E-state index in [0.717, 1.165) is 43.1 Å². The first kappa shape index (κ1) is 17.8. The Morgan fingerprint density at radius 3 is 2.26 bits per heavy atom. The molecule has 1 amide bonds. The summed E-state index contributed by atoms with van der Waals surface area (Å²) in [6.07, 6.45) is 6.56. The van der Waals surface area contributed by atoms with Crippen LogP contribution < -0.4 is 9.62 Å². The third-order valence-electron chi connectivity index (χ3n) is 4.35. The van der Waals surface area contributed by atoms with E-state index in [1.807, 2.05) is 32.0 Å². The Bertz CT molecular complexity index is 644. The number of aryl methyl sites for hydroxylation is 2. The topological polar surface area (TPSA) is 66.5 Å². The van der Waals surface area contributed by atoms with E-state index in [1.165, 1.54) is 10.7 Å². The van der Waals surface area contributed by atoms with Crippen molar-refractivity contribution in [1.82, 2.24) is 5.32 Å². The average Bonchev–Trinajstić information content (AvgIpc) is 2.46. The van der Waals surface area contributed by atoms with Gasteiger partial charge in [0.05, 0.1) is 11.9 Å². The van der Waals surface area contributed by atoms with Gasteiger partial charge in [-0.3, -0.25) is 9.10 Å². The molecule has 0 aromatic heterocycles. The predicted octanol–water partition coefficient (Wildman–Crippen LogP) is 2.52. The molecule has 1 aromatic rings. The number of nitrogens with zero attached hydrogens (tertiary/aromatic N) is 1. The van der Waals surface area contributed by atoms with E-state index in [0.29, 0.717) is 5.69 Å². The molecule has 128 valence electrons. The lowest BCUT2D eigenvalue weighted by molar-refractivity contribution is -0.120. The summed E-state index contributed by atoms with van der Waals surface area (Å²) in [4.78, 5) is 12.3. The summed E-state index contributed by atoms with van der Waals surface area (Å²) in [6, 6.07) is 5.78. The number of para-hydroxylation sites is 1. The summed E-state index contributed by atoms with van der Waals surface area (Å²) in [5.74, 6) is -0.232.